The first-order valence-electron chi connectivity index (χ1n) is 7.46. The van der Waals surface area contributed by atoms with Gasteiger partial charge in [-0.25, -0.2) is 0 Å². The Morgan fingerprint density at radius 2 is 2.26 bits per heavy atom. The van der Waals surface area contributed by atoms with Crippen LogP contribution in [0.5, 0.6) is 0 Å². The molecule has 1 unspecified atom stereocenters. The summed E-state index contributed by atoms with van der Waals surface area (Å²) in [4.78, 5) is 2.48. The monoisotopic (exact) mass is 264 g/mol. The maximum Gasteiger partial charge on any atom is 0.0679 e. The van der Waals surface area contributed by atoms with Crippen molar-refractivity contribution in [2.75, 3.05) is 19.6 Å². The molecule has 106 valence electrons. The number of aliphatic hydroxyl groups is 1. The summed E-state index contributed by atoms with van der Waals surface area (Å²) in [5.74, 6) is 0. The molecule has 2 fully saturated rings. The van der Waals surface area contributed by atoms with Gasteiger partial charge < -0.3 is 10.4 Å². The summed E-state index contributed by atoms with van der Waals surface area (Å²) in [5.41, 5.74) is 0. The molecule has 1 aromatic heterocycles. The van der Waals surface area contributed by atoms with Crippen LogP contribution in [-0.4, -0.2) is 57.6 Å². The van der Waals surface area contributed by atoms with Gasteiger partial charge in [-0.3, -0.25) is 9.58 Å². The maximum atomic E-state index is 9.67. The molecule has 2 N–H and O–H groups in total. The van der Waals surface area contributed by atoms with Gasteiger partial charge in [0.2, 0.25) is 0 Å². The Bertz CT molecular complexity index is 381. The highest BCUT2D eigenvalue weighted by atomic mass is 16.3. The molecule has 0 bridgehead atoms. The zero-order chi connectivity index (χ0) is 13.1. The van der Waals surface area contributed by atoms with Crippen LogP contribution >= 0.6 is 0 Å². The summed E-state index contributed by atoms with van der Waals surface area (Å²) in [7, 11) is 0. The summed E-state index contributed by atoms with van der Waals surface area (Å²) in [6, 6.07) is 3.17. The van der Waals surface area contributed by atoms with Crippen molar-refractivity contribution in [2.45, 2.75) is 50.4 Å². The molecule has 1 aliphatic heterocycles. The predicted octanol–water partition coefficient (Wildman–Crippen LogP) is 0.460. The molecule has 19 heavy (non-hydrogen) atoms. The number of nitrogens with one attached hydrogen (secondary N) is 1. The largest absolute Gasteiger partial charge is 0.392 e. The van der Waals surface area contributed by atoms with Crippen LogP contribution in [0.15, 0.2) is 18.5 Å². The molecule has 2 heterocycles. The van der Waals surface area contributed by atoms with Crippen LogP contribution in [0, 0.1) is 0 Å². The molecule has 3 atom stereocenters. The van der Waals surface area contributed by atoms with Crippen LogP contribution in [0.3, 0.4) is 0 Å². The molecule has 0 aromatic carbocycles. The fraction of sp³-hybridized carbons (Fsp3) is 0.786. The maximum absolute atomic E-state index is 9.67. The molecule has 0 amide bonds. The van der Waals surface area contributed by atoms with Crippen molar-refractivity contribution in [3.05, 3.63) is 18.5 Å². The highest BCUT2D eigenvalue weighted by Gasteiger charge is 2.35. The van der Waals surface area contributed by atoms with Crippen molar-refractivity contribution in [3.63, 3.8) is 0 Å². The summed E-state index contributed by atoms with van der Waals surface area (Å²) in [6.07, 6.45) is 8.50. The topological polar surface area (TPSA) is 53.3 Å². The second-order valence-corrected chi connectivity index (χ2v) is 5.77. The van der Waals surface area contributed by atoms with Gasteiger partial charge >= 0.3 is 0 Å². The number of β-amino-alcohol motifs (C(OH)–C–C–N with tert-alkyl or cyclic N) is 1. The predicted molar refractivity (Wildman–Crippen MR) is 73.9 cm³/mol. The standard InChI is InChI=1S/C14H24N4O/c19-12-5-9-17(11-12)14-4-1-3-13(14)15-7-10-18-8-2-6-16-18/h2,6,8,12-15,19H,1,3-5,7,9-11H2/t12?,13-,14+/m1/s1. The van der Waals surface area contributed by atoms with E-state index in [1.165, 1.54) is 19.3 Å². The molecule has 5 heteroatoms. The number of rotatable bonds is 5. The Labute approximate surface area is 114 Å². The minimum Gasteiger partial charge on any atom is -0.392 e. The van der Waals surface area contributed by atoms with E-state index in [0.29, 0.717) is 12.1 Å². The summed E-state index contributed by atoms with van der Waals surface area (Å²) >= 11 is 0. The molecule has 3 rings (SSSR count). The average Bonchev–Trinajstić information content (AvgIpc) is 3.10. The number of aliphatic hydroxyl groups excluding tert-OH is 1. The van der Waals surface area contributed by atoms with Gasteiger partial charge in [-0.05, 0) is 25.3 Å². The van der Waals surface area contributed by atoms with E-state index in [1.54, 1.807) is 0 Å². The highest BCUT2D eigenvalue weighted by molar-refractivity contribution is 4.93. The first-order valence-corrected chi connectivity index (χ1v) is 7.46. The lowest BCUT2D eigenvalue weighted by atomic mass is 10.1. The average molecular weight is 264 g/mol. The zero-order valence-corrected chi connectivity index (χ0v) is 11.4. The second-order valence-electron chi connectivity index (χ2n) is 5.77. The molecule has 0 spiro atoms. The van der Waals surface area contributed by atoms with Gasteiger partial charge in [0.15, 0.2) is 0 Å². The van der Waals surface area contributed by atoms with E-state index < -0.39 is 0 Å². The number of hydrogen-bond acceptors (Lipinski definition) is 4. The van der Waals surface area contributed by atoms with Crippen molar-refractivity contribution < 1.29 is 5.11 Å². The lowest BCUT2D eigenvalue weighted by molar-refractivity contribution is 0.150. The van der Waals surface area contributed by atoms with E-state index in [-0.39, 0.29) is 6.10 Å². The van der Waals surface area contributed by atoms with Gasteiger partial charge in [-0.15, -0.1) is 0 Å². The Morgan fingerprint density at radius 3 is 3.00 bits per heavy atom. The van der Waals surface area contributed by atoms with Crippen LogP contribution in [0.25, 0.3) is 0 Å². The van der Waals surface area contributed by atoms with Gasteiger partial charge in [0, 0.05) is 44.1 Å². The summed E-state index contributed by atoms with van der Waals surface area (Å²) in [5, 5.41) is 17.6. The van der Waals surface area contributed by atoms with E-state index in [2.05, 4.69) is 15.3 Å². The van der Waals surface area contributed by atoms with Crippen LogP contribution in [-0.2, 0) is 6.54 Å². The SMILES string of the molecule is OC1CCN([C@H]2CCC[C@H]2NCCn2cccn2)C1. The molecular weight excluding hydrogens is 240 g/mol. The van der Waals surface area contributed by atoms with E-state index in [4.69, 9.17) is 0 Å². The third kappa shape index (κ3) is 3.16. The Morgan fingerprint density at radius 1 is 1.32 bits per heavy atom. The van der Waals surface area contributed by atoms with E-state index in [9.17, 15) is 5.11 Å². The Kier molecular flexibility index (Phi) is 4.15. The fourth-order valence-electron chi connectivity index (χ4n) is 3.48. The van der Waals surface area contributed by atoms with Gasteiger partial charge in [0.1, 0.15) is 0 Å². The number of aromatic nitrogens is 2. The van der Waals surface area contributed by atoms with Crippen molar-refractivity contribution in [1.29, 1.82) is 0 Å². The van der Waals surface area contributed by atoms with Crippen LogP contribution in [0.1, 0.15) is 25.7 Å². The lowest BCUT2D eigenvalue weighted by Crippen LogP contribution is -2.47. The molecule has 1 saturated carbocycles. The zero-order valence-electron chi connectivity index (χ0n) is 11.4. The van der Waals surface area contributed by atoms with Gasteiger partial charge in [0.25, 0.3) is 0 Å². The highest BCUT2D eigenvalue weighted by Crippen LogP contribution is 2.27. The molecule has 1 aromatic rings. The van der Waals surface area contributed by atoms with E-state index in [0.717, 1.165) is 32.6 Å². The van der Waals surface area contributed by atoms with Crippen molar-refractivity contribution in [3.8, 4) is 0 Å². The quantitative estimate of drug-likeness (QED) is 0.811. The third-order valence-corrected chi connectivity index (χ3v) is 4.45. The number of hydrogen-bond donors (Lipinski definition) is 2. The van der Waals surface area contributed by atoms with Crippen LogP contribution < -0.4 is 5.32 Å². The Hall–Kier alpha value is -0.910. The second kappa shape index (κ2) is 6.03. The van der Waals surface area contributed by atoms with Crippen molar-refractivity contribution >= 4 is 0 Å². The smallest absolute Gasteiger partial charge is 0.0679 e. The van der Waals surface area contributed by atoms with Gasteiger partial charge in [-0.2, -0.15) is 5.10 Å². The third-order valence-electron chi connectivity index (χ3n) is 4.45. The first kappa shape index (κ1) is 13.1. The van der Waals surface area contributed by atoms with Crippen molar-refractivity contribution in [2.24, 2.45) is 0 Å². The molecule has 1 saturated heterocycles. The van der Waals surface area contributed by atoms with Gasteiger partial charge in [-0.1, -0.05) is 6.42 Å². The van der Waals surface area contributed by atoms with E-state index >= 15 is 0 Å². The summed E-state index contributed by atoms with van der Waals surface area (Å²) < 4.78 is 1.97. The van der Waals surface area contributed by atoms with Crippen molar-refractivity contribution in [1.82, 2.24) is 20.0 Å². The fourth-order valence-corrected chi connectivity index (χ4v) is 3.48. The minimum atomic E-state index is -0.106. The van der Waals surface area contributed by atoms with Crippen LogP contribution in [0.4, 0.5) is 0 Å². The normalized spacial score (nSPS) is 32.2. The molecular formula is C14H24N4O. The first-order chi connectivity index (χ1) is 9.33. The van der Waals surface area contributed by atoms with Crippen LogP contribution in [0.2, 0.25) is 0 Å². The van der Waals surface area contributed by atoms with Gasteiger partial charge in [0.05, 0.1) is 12.6 Å². The van der Waals surface area contributed by atoms with E-state index in [1.807, 2.05) is 23.1 Å². The molecule has 1 aliphatic carbocycles. The molecule has 0 radical (unpaired) electrons. The molecule has 2 aliphatic rings. The molecule has 5 nitrogen and oxygen atoms in total. The number of likely N-dealkylation sites (tertiary alicyclic amines) is 1. The Balaban J connectivity index is 1.46. The number of nitrogens with zero attached hydrogens (tertiary/aromatic N) is 3. The lowest BCUT2D eigenvalue weighted by Gasteiger charge is -2.29. The summed E-state index contributed by atoms with van der Waals surface area (Å²) in [6.45, 7) is 3.82. The minimum absolute atomic E-state index is 0.106.